The standard InChI is InChI=1S/C14H22N4O/c1-17(14(15)19)13-5-3-2-4-12(13)6-9-18-10-7-16-8-11-18/h2-5,16H,6-11H2,1H3,(H2,15,19). The topological polar surface area (TPSA) is 61.6 Å². The van der Waals surface area contributed by atoms with Gasteiger partial charge in [-0.15, -0.1) is 0 Å². The van der Waals surface area contributed by atoms with Gasteiger partial charge in [0.25, 0.3) is 0 Å². The minimum absolute atomic E-state index is 0.422. The SMILES string of the molecule is CN(C(N)=O)c1ccccc1CCN1CCNCC1. The number of nitrogens with zero attached hydrogens (tertiary/aromatic N) is 2. The predicted molar refractivity (Wildman–Crippen MR) is 77.4 cm³/mol. The highest BCUT2D eigenvalue weighted by molar-refractivity contribution is 5.90. The summed E-state index contributed by atoms with van der Waals surface area (Å²) in [7, 11) is 1.71. The fourth-order valence-corrected chi connectivity index (χ4v) is 2.38. The minimum Gasteiger partial charge on any atom is -0.351 e. The largest absolute Gasteiger partial charge is 0.351 e. The molecule has 2 amide bonds. The number of nitrogens with two attached hydrogens (primary N) is 1. The van der Waals surface area contributed by atoms with Crippen LogP contribution in [0.3, 0.4) is 0 Å². The average molecular weight is 262 g/mol. The van der Waals surface area contributed by atoms with Gasteiger partial charge in [-0.3, -0.25) is 4.90 Å². The van der Waals surface area contributed by atoms with Crippen molar-refractivity contribution in [1.29, 1.82) is 0 Å². The van der Waals surface area contributed by atoms with Gasteiger partial charge in [-0.1, -0.05) is 18.2 Å². The third-order valence-corrected chi connectivity index (χ3v) is 3.59. The van der Waals surface area contributed by atoms with Crippen LogP contribution in [0.5, 0.6) is 0 Å². The van der Waals surface area contributed by atoms with E-state index in [9.17, 15) is 4.79 Å². The molecule has 0 radical (unpaired) electrons. The highest BCUT2D eigenvalue weighted by Gasteiger charge is 2.13. The van der Waals surface area contributed by atoms with E-state index in [0.717, 1.165) is 44.8 Å². The number of amides is 2. The van der Waals surface area contributed by atoms with Gasteiger partial charge in [-0.2, -0.15) is 0 Å². The highest BCUT2D eigenvalue weighted by atomic mass is 16.2. The number of rotatable bonds is 4. The van der Waals surface area contributed by atoms with Crippen molar-refractivity contribution in [1.82, 2.24) is 10.2 Å². The molecule has 3 N–H and O–H groups in total. The van der Waals surface area contributed by atoms with Crippen LogP contribution in [0.2, 0.25) is 0 Å². The number of nitrogens with one attached hydrogen (secondary N) is 1. The molecule has 1 heterocycles. The molecule has 0 aromatic heterocycles. The summed E-state index contributed by atoms with van der Waals surface area (Å²) in [5, 5.41) is 3.35. The maximum Gasteiger partial charge on any atom is 0.319 e. The summed E-state index contributed by atoms with van der Waals surface area (Å²) < 4.78 is 0. The van der Waals surface area contributed by atoms with Crippen LogP contribution in [0.4, 0.5) is 10.5 Å². The Bertz CT molecular complexity index is 429. The van der Waals surface area contributed by atoms with Gasteiger partial charge >= 0.3 is 6.03 Å². The van der Waals surface area contributed by atoms with Gasteiger partial charge in [0.2, 0.25) is 0 Å². The molecule has 1 aliphatic rings. The van der Waals surface area contributed by atoms with Gasteiger partial charge in [-0.05, 0) is 18.1 Å². The number of piperazine rings is 1. The van der Waals surface area contributed by atoms with E-state index in [4.69, 9.17) is 5.73 Å². The summed E-state index contributed by atoms with van der Waals surface area (Å²) in [4.78, 5) is 15.2. The van der Waals surface area contributed by atoms with E-state index in [2.05, 4.69) is 16.3 Å². The Morgan fingerprint density at radius 3 is 2.74 bits per heavy atom. The lowest BCUT2D eigenvalue weighted by Gasteiger charge is -2.27. The number of anilines is 1. The number of carbonyl (C=O) groups excluding carboxylic acids is 1. The van der Waals surface area contributed by atoms with Gasteiger partial charge in [0.1, 0.15) is 0 Å². The van der Waals surface area contributed by atoms with Crippen molar-refractivity contribution in [2.24, 2.45) is 5.73 Å². The lowest BCUT2D eigenvalue weighted by Crippen LogP contribution is -2.44. The van der Waals surface area contributed by atoms with Crippen molar-refractivity contribution in [3.05, 3.63) is 29.8 Å². The van der Waals surface area contributed by atoms with Crippen molar-refractivity contribution >= 4 is 11.7 Å². The molecule has 1 aromatic rings. The van der Waals surface area contributed by atoms with Crippen LogP contribution in [0.1, 0.15) is 5.56 Å². The first kappa shape index (κ1) is 13.8. The molecule has 19 heavy (non-hydrogen) atoms. The molecule has 0 spiro atoms. The van der Waals surface area contributed by atoms with Crippen LogP contribution in [0.15, 0.2) is 24.3 Å². The Balaban J connectivity index is 2.01. The Morgan fingerprint density at radius 1 is 1.37 bits per heavy atom. The van der Waals surface area contributed by atoms with E-state index in [-0.39, 0.29) is 0 Å². The zero-order valence-corrected chi connectivity index (χ0v) is 11.4. The number of benzene rings is 1. The Labute approximate surface area is 114 Å². The number of primary amides is 1. The number of urea groups is 1. The van der Waals surface area contributed by atoms with E-state index in [1.807, 2.05) is 18.2 Å². The van der Waals surface area contributed by atoms with Crippen LogP contribution in [0.25, 0.3) is 0 Å². The first-order valence-corrected chi connectivity index (χ1v) is 6.72. The van der Waals surface area contributed by atoms with Crippen LogP contribution in [-0.2, 0) is 6.42 Å². The molecular weight excluding hydrogens is 240 g/mol. The van der Waals surface area contributed by atoms with Crippen molar-refractivity contribution in [3.8, 4) is 0 Å². The summed E-state index contributed by atoms with van der Waals surface area (Å²) in [6.45, 7) is 5.32. The van der Waals surface area contributed by atoms with Gasteiger partial charge in [-0.25, -0.2) is 4.79 Å². The smallest absolute Gasteiger partial charge is 0.319 e. The van der Waals surface area contributed by atoms with E-state index in [1.54, 1.807) is 7.05 Å². The maximum atomic E-state index is 11.3. The molecular formula is C14H22N4O. The van der Waals surface area contributed by atoms with Gasteiger partial charge in [0.05, 0.1) is 0 Å². The van der Waals surface area contributed by atoms with Gasteiger partial charge in [0.15, 0.2) is 0 Å². The molecule has 0 unspecified atom stereocenters. The number of hydrogen-bond acceptors (Lipinski definition) is 3. The van der Waals surface area contributed by atoms with Crippen molar-refractivity contribution in [3.63, 3.8) is 0 Å². The van der Waals surface area contributed by atoms with E-state index >= 15 is 0 Å². The molecule has 0 bridgehead atoms. The summed E-state index contributed by atoms with van der Waals surface area (Å²) in [6.07, 6.45) is 0.938. The van der Waals surface area contributed by atoms with Crippen LogP contribution in [0, 0.1) is 0 Å². The normalized spacial score (nSPS) is 16.3. The lowest BCUT2D eigenvalue weighted by atomic mass is 10.1. The second-order valence-corrected chi connectivity index (χ2v) is 4.87. The Morgan fingerprint density at radius 2 is 2.05 bits per heavy atom. The fraction of sp³-hybridized carbons (Fsp3) is 0.500. The molecule has 5 heteroatoms. The zero-order chi connectivity index (χ0) is 13.7. The molecule has 0 aliphatic carbocycles. The van der Waals surface area contributed by atoms with Crippen molar-refractivity contribution in [2.45, 2.75) is 6.42 Å². The fourth-order valence-electron chi connectivity index (χ4n) is 2.38. The van der Waals surface area contributed by atoms with Gasteiger partial charge in [0, 0.05) is 45.5 Å². The first-order chi connectivity index (χ1) is 9.18. The van der Waals surface area contributed by atoms with Crippen LogP contribution >= 0.6 is 0 Å². The van der Waals surface area contributed by atoms with Crippen LogP contribution in [-0.4, -0.2) is 50.7 Å². The second kappa shape index (κ2) is 6.54. The molecule has 1 fully saturated rings. The summed E-state index contributed by atoms with van der Waals surface area (Å²) >= 11 is 0. The van der Waals surface area contributed by atoms with Gasteiger partial charge < -0.3 is 16.0 Å². The Hall–Kier alpha value is -1.59. The predicted octanol–water partition coefficient (Wildman–Crippen LogP) is 0.649. The lowest BCUT2D eigenvalue weighted by molar-refractivity contribution is 0.244. The maximum absolute atomic E-state index is 11.3. The number of para-hydroxylation sites is 1. The van der Waals surface area contributed by atoms with E-state index < -0.39 is 6.03 Å². The monoisotopic (exact) mass is 262 g/mol. The third-order valence-electron chi connectivity index (χ3n) is 3.59. The average Bonchev–Trinajstić information content (AvgIpc) is 2.45. The van der Waals surface area contributed by atoms with E-state index in [1.165, 1.54) is 10.5 Å². The molecule has 1 aromatic carbocycles. The molecule has 104 valence electrons. The zero-order valence-electron chi connectivity index (χ0n) is 11.4. The molecule has 1 aliphatic heterocycles. The first-order valence-electron chi connectivity index (χ1n) is 6.72. The summed E-state index contributed by atoms with van der Waals surface area (Å²) in [6, 6.07) is 7.53. The molecule has 2 rings (SSSR count). The summed E-state index contributed by atoms with van der Waals surface area (Å²) in [5.74, 6) is 0. The van der Waals surface area contributed by atoms with Crippen molar-refractivity contribution in [2.75, 3.05) is 44.7 Å². The van der Waals surface area contributed by atoms with Crippen LogP contribution < -0.4 is 16.0 Å². The third kappa shape index (κ3) is 3.68. The Kier molecular flexibility index (Phi) is 4.76. The number of carbonyl (C=O) groups is 1. The highest BCUT2D eigenvalue weighted by Crippen LogP contribution is 2.19. The molecule has 0 saturated carbocycles. The quantitative estimate of drug-likeness (QED) is 0.837. The second-order valence-electron chi connectivity index (χ2n) is 4.87. The molecule has 0 atom stereocenters. The number of hydrogen-bond donors (Lipinski definition) is 2. The molecule has 5 nitrogen and oxygen atoms in total. The van der Waals surface area contributed by atoms with Crippen molar-refractivity contribution < 1.29 is 4.79 Å². The molecule has 1 saturated heterocycles. The summed E-state index contributed by atoms with van der Waals surface area (Å²) in [5.41, 5.74) is 7.42. The minimum atomic E-state index is -0.422. The van der Waals surface area contributed by atoms with E-state index in [0.29, 0.717) is 0 Å².